The van der Waals surface area contributed by atoms with Gasteiger partial charge in [0.15, 0.2) is 0 Å². The molecule has 166 valence electrons. The number of nitrogens with zero attached hydrogens (tertiary/aromatic N) is 5. The number of hydrogen-bond acceptors (Lipinski definition) is 6. The van der Waals surface area contributed by atoms with E-state index in [9.17, 15) is 10.1 Å². The van der Waals surface area contributed by atoms with Crippen molar-refractivity contribution in [1.29, 1.82) is 5.26 Å². The zero-order chi connectivity index (χ0) is 22.6. The number of anilines is 1. The Morgan fingerprint density at radius 2 is 2.06 bits per heavy atom. The standard InChI is InChI=1S/C24H21FN6O2/c25-22-9-16(3-6-19(22)24-14-27-11-21(24)20(24)10-26)15-1-4-17(5-2-15)31-13-18(33-23(31)32)12-30-8-7-28-29-30/h1-9,18,20-21,27H,11-14H2/t18-,20+,21-,24-/m0/s1. The third-order valence-corrected chi connectivity index (χ3v) is 7.15. The van der Waals surface area contributed by atoms with Gasteiger partial charge in [-0.1, -0.05) is 29.5 Å². The van der Waals surface area contributed by atoms with Crippen LogP contribution in [0.3, 0.4) is 0 Å². The smallest absolute Gasteiger partial charge is 0.414 e. The fourth-order valence-electron chi connectivity index (χ4n) is 5.43. The second-order valence-corrected chi connectivity index (χ2v) is 8.87. The number of hydrogen-bond donors (Lipinski definition) is 1. The van der Waals surface area contributed by atoms with E-state index in [2.05, 4.69) is 21.7 Å². The molecule has 1 amide bonds. The fourth-order valence-corrected chi connectivity index (χ4v) is 5.43. The van der Waals surface area contributed by atoms with Crippen LogP contribution >= 0.6 is 0 Å². The number of fused-ring (bicyclic) bond motifs is 1. The summed E-state index contributed by atoms with van der Waals surface area (Å²) in [5.41, 5.74) is 2.56. The van der Waals surface area contributed by atoms with Gasteiger partial charge < -0.3 is 10.1 Å². The van der Waals surface area contributed by atoms with Gasteiger partial charge in [0.2, 0.25) is 0 Å². The molecule has 0 spiro atoms. The van der Waals surface area contributed by atoms with E-state index >= 15 is 4.39 Å². The molecule has 3 fully saturated rings. The van der Waals surface area contributed by atoms with Crippen LogP contribution in [-0.4, -0.2) is 46.8 Å². The highest BCUT2D eigenvalue weighted by Gasteiger charge is 2.69. The monoisotopic (exact) mass is 444 g/mol. The zero-order valence-electron chi connectivity index (χ0n) is 17.7. The van der Waals surface area contributed by atoms with Crippen molar-refractivity contribution in [3.63, 3.8) is 0 Å². The highest BCUT2D eigenvalue weighted by molar-refractivity contribution is 5.90. The van der Waals surface area contributed by atoms with Gasteiger partial charge in [-0.2, -0.15) is 5.26 Å². The number of aromatic nitrogens is 3. The van der Waals surface area contributed by atoms with Gasteiger partial charge in [0.1, 0.15) is 11.9 Å². The van der Waals surface area contributed by atoms with Crippen LogP contribution in [0.5, 0.6) is 0 Å². The fraction of sp³-hybridized carbons (Fsp3) is 0.333. The minimum Gasteiger partial charge on any atom is -0.442 e. The molecular formula is C24H21FN6O2. The second-order valence-electron chi connectivity index (χ2n) is 8.87. The first kappa shape index (κ1) is 19.9. The third-order valence-electron chi connectivity index (χ3n) is 7.15. The Balaban J connectivity index is 1.19. The van der Waals surface area contributed by atoms with Crippen molar-refractivity contribution in [1.82, 2.24) is 20.3 Å². The largest absolute Gasteiger partial charge is 0.442 e. The van der Waals surface area contributed by atoms with Gasteiger partial charge in [-0.05, 0) is 34.9 Å². The average molecular weight is 444 g/mol. The zero-order valence-corrected chi connectivity index (χ0v) is 17.7. The molecular weight excluding hydrogens is 423 g/mol. The van der Waals surface area contributed by atoms with Crippen LogP contribution in [0.2, 0.25) is 0 Å². The summed E-state index contributed by atoms with van der Waals surface area (Å²) < 4.78 is 22.2. The minimum absolute atomic E-state index is 0.119. The maximum absolute atomic E-state index is 15.1. The molecule has 3 heterocycles. The Hall–Kier alpha value is -3.77. The van der Waals surface area contributed by atoms with Crippen LogP contribution in [0.1, 0.15) is 5.56 Å². The van der Waals surface area contributed by atoms with E-state index < -0.39 is 6.09 Å². The van der Waals surface area contributed by atoms with Crippen molar-refractivity contribution in [2.45, 2.75) is 18.1 Å². The number of piperidine rings is 1. The van der Waals surface area contributed by atoms with Crippen LogP contribution < -0.4 is 10.2 Å². The summed E-state index contributed by atoms with van der Waals surface area (Å²) in [6.45, 7) is 2.26. The van der Waals surface area contributed by atoms with Crippen molar-refractivity contribution >= 4 is 11.8 Å². The molecule has 33 heavy (non-hydrogen) atoms. The van der Waals surface area contributed by atoms with Crippen molar-refractivity contribution in [3.05, 3.63) is 66.2 Å². The molecule has 3 aromatic rings. The Morgan fingerprint density at radius 3 is 2.76 bits per heavy atom. The highest BCUT2D eigenvalue weighted by Crippen LogP contribution is 2.62. The van der Waals surface area contributed by atoms with Crippen LogP contribution in [0, 0.1) is 29.0 Å². The van der Waals surface area contributed by atoms with E-state index in [1.807, 2.05) is 36.4 Å². The maximum Gasteiger partial charge on any atom is 0.414 e. The molecule has 1 aromatic heterocycles. The lowest BCUT2D eigenvalue weighted by molar-refractivity contribution is 0.129. The summed E-state index contributed by atoms with van der Waals surface area (Å²) in [6, 6.07) is 15.0. The van der Waals surface area contributed by atoms with Gasteiger partial charge >= 0.3 is 6.09 Å². The molecule has 1 saturated carbocycles. The molecule has 6 rings (SSSR count). The molecule has 0 unspecified atom stereocenters. The molecule has 1 aliphatic carbocycles. The quantitative estimate of drug-likeness (QED) is 0.650. The summed E-state index contributed by atoms with van der Waals surface area (Å²) >= 11 is 0. The lowest BCUT2D eigenvalue weighted by Crippen LogP contribution is -2.26. The predicted octanol–water partition coefficient (Wildman–Crippen LogP) is 2.72. The van der Waals surface area contributed by atoms with Crippen LogP contribution in [-0.2, 0) is 16.7 Å². The minimum atomic E-state index is -0.404. The summed E-state index contributed by atoms with van der Waals surface area (Å²) in [6.07, 6.45) is 2.59. The molecule has 8 nitrogen and oxygen atoms in total. The number of rotatable bonds is 5. The number of benzene rings is 2. The number of nitriles is 1. The molecule has 0 radical (unpaired) electrons. The molecule has 2 aliphatic heterocycles. The van der Waals surface area contributed by atoms with E-state index in [1.165, 1.54) is 0 Å². The molecule has 2 saturated heterocycles. The van der Waals surface area contributed by atoms with Crippen molar-refractivity contribution < 1.29 is 13.9 Å². The Labute approximate surface area is 189 Å². The highest BCUT2D eigenvalue weighted by atomic mass is 19.1. The number of amides is 1. The predicted molar refractivity (Wildman–Crippen MR) is 117 cm³/mol. The summed E-state index contributed by atoms with van der Waals surface area (Å²) in [4.78, 5) is 13.9. The summed E-state index contributed by atoms with van der Waals surface area (Å²) in [5, 5.41) is 20.4. The van der Waals surface area contributed by atoms with Crippen molar-refractivity contribution in [3.8, 4) is 17.2 Å². The van der Waals surface area contributed by atoms with Crippen LogP contribution in [0.15, 0.2) is 54.9 Å². The topological polar surface area (TPSA) is 96.1 Å². The van der Waals surface area contributed by atoms with E-state index in [4.69, 9.17) is 4.74 Å². The normalized spacial score (nSPS) is 27.8. The second kappa shape index (κ2) is 7.39. The molecule has 9 heteroatoms. The number of halogens is 1. The van der Waals surface area contributed by atoms with Gasteiger partial charge in [0, 0.05) is 36.3 Å². The molecule has 0 bridgehead atoms. The van der Waals surface area contributed by atoms with E-state index in [0.717, 1.165) is 23.4 Å². The van der Waals surface area contributed by atoms with Crippen molar-refractivity contribution in [2.75, 3.05) is 24.5 Å². The van der Waals surface area contributed by atoms with Crippen LogP contribution in [0.4, 0.5) is 14.9 Å². The van der Waals surface area contributed by atoms with Crippen LogP contribution in [0.25, 0.3) is 11.1 Å². The Morgan fingerprint density at radius 1 is 1.24 bits per heavy atom. The first-order valence-electron chi connectivity index (χ1n) is 10.9. The van der Waals surface area contributed by atoms with E-state index in [1.54, 1.807) is 28.0 Å². The number of carbonyl (C=O) groups excluding carboxylic acids is 1. The van der Waals surface area contributed by atoms with Gasteiger partial charge in [0.25, 0.3) is 0 Å². The van der Waals surface area contributed by atoms with Crippen molar-refractivity contribution in [2.24, 2.45) is 11.8 Å². The number of carbonyl (C=O) groups is 1. The Bertz CT molecular complexity index is 1250. The summed E-state index contributed by atoms with van der Waals surface area (Å²) in [5.74, 6) is -0.204. The lowest BCUT2D eigenvalue weighted by Gasteiger charge is -2.16. The van der Waals surface area contributed by atoms with Gasteiger partial charge in [-0.15, -0.1) is 5.10 Å². The van der Waals surface area contributed by atoms with Gasteiger partial charge in [0.05, 0.1) is 31.3 Å². The molecule has 3 aliphatic rings. The SMILES string of the molecule is N#C[C@@H]1[C@@H]2CNC[C@]12c1ccc(-c2ccc(N3C[C@H](Cn4ccnn4)OC3=O)cc2)cc1F. The lowest BCUT2D eigenvalue weighted by atomic mass is 9.90. The number of ether oxygens (including phenoxy) is 1. The third kappa shape index (κ3) is 3.09. The van der Waals surface area contributed by atoms with E-state index in [0.29, 0.717) is 25.2 Å². The first-order valence-corrected chi connectivity index (χ1v) is 10.9. The average Bonchev–Trinajstić information content (AvgIpc) is 3.30. The summed E-state index contributed by atoms with van der Waals surface area (Å²) in [7, 11) is 0. The first-order chi connectivity index (χ1) is 16.1. The number of cyclic esters (lactones) is 1. The molecule has 4 atom stereocenters. The Kier molecular flexibility index (Phi) is 4.45. The molecule has 1 N–H and O–H groups in total. The maximum atomic E-state index is 15.1. The van der Waals surface area contributed by atoms with E-state index in [-0.39, 0.29) is 29.2 Å². The number of nitrogens with one attached hydrogen (secondary N) is 1. The van der Waals surface area contributed by atoms with Gasteiger partial charge in [-0.3, -0.25) is 4.90 Å². The van der Waals surface area contributed by atoms with Gasteiger partial charge in [-0.25, -0.2) is 13.9 Å². The molecule has 2 aromatic carbocycles.